The van der Waals surface area contributed by atoms with Gasteiger partial charge in [-0.3, -0.25) is 9.89 Å². The van der Waals surface area contributed by atoms with Crippen LogP contribution in [0.3, 0.4) is 0 Å². The third-order valence-electron chi connectivity index (χ3n) is 3.57. The van der Waals surface area contributed by atoms with Crippen LogP contribution in [0.25, 0.3) is 0 Å². The highest BCUT2D eigenvalue weighted by molar-refractivity contribution is 7.10. The Balaban J connectivity index is 1.72. The summed E-state index contributed by atoms with van der Waals surface area (Å²) in [7, 11) is 0. The van der Waals surface area contributed by atoms with Crippen LogP contribution in [0.15, 0.2) is 23.7 Å². The molecule has 1 aliphatic heterocycles. The molecular formula is C14H17N3O2S. The predicted octanol–water partition coefficient (Wildman–Crippen LogP) is 2.47. The summed E-state index contributed by atoms with van der Waals surface area (Å²) in [6.45, 7) is 3.39. The highest BCUT2D eigenvalue weighted by atomic mass is 32.1. The lowest BCUT2D eigenvalue weighted by Crippen LogP contribution is -2.27. The van der Waals surface area contributed by atoms with Gasteiger partial charge in [0.15, 0.2) is 0 Å². The number of carbonyl (C=O) groups excluding carboxylic acids is 1. The Labute approximate surface area is 121 Å². The summed E-state index contributed by atoms with van der Waals surface area (Å²) in [5.41, 5.74) is 1.52. The zero-order chi connectivity index (χ0) is 13.9. The van der Waals surface area contributed by atoms with E-state index in [2.05, 4.69) is 15.5 Å². The van der Waals surface area contributed by atoms with Gasteiger partial charge in [-0.05, 0) is 24.8 Å². The smallest absolute Gasteiger partial charge is 0.255 e. The number of H-pyrrole nitrogens is 1. The van der Waals surface area contributed by atoms with Crippen LogP contribution < -0.4 is 5.32 Å². The summed E-state index contributed by atoms with van der Waals surface area (Å²) in [6.07, 6.45) is 2.53. The van der Waals surface area contributed by atoms with E-state index in [1.807, 2.05) is 24.4 Å². The van der Waals surface area contributed by atoms with Crippen molar-refractivity contribution in [3.05, 3.63) is 39.8 Å². The molecule has 1 saturated heterocycles. The molecule has 0 aromatic carbocycles. The molecule has 1 fully saturated rings. The lowest BCUT2D eigenvalue weighted by molar-refractivity contribution is 0.0939. The van der Waals surface area contributed by atoms with Gasteiger partial charge in [0, 0.05) is 17.4 Å². The monoisotopic (exact) mass is 291 g/mol. The number of aromatic amines is 1. The molecule has 2 aromatic heterocycles. The van der Waals surface area contributed by atoms with E-state index in [9.17, 15) is 4.79 Å². The molecule has 2 atom stereocenters. The van der Waals surface area contributed by atoms with E-state index in [1.54, 1.807) is 17.5 Å². The lowest BCUT2D eigenvalue weighted by atomic mass is 10.0. The summed E-state index contributed by atoms with van der Waals surface area (Å²) < 4.78 is 5.38. The summed E-state index contributed by atoms with van der Waals surface area (Å²) in [6, 6.07) is 4.02. The van der Waals surface area contributed by atoms with Gasteiger partial charge in [0.05, 0.1) is 30.1 Å². The molecule has 0 unspecified atom stereocenters. The van der Waals surface area contributed by atoms with Crippen LogP contribution in [0.2, 0.25) is 0 Å². The fourth-order valence-electron chi connectivity index (χ4n) is 2.43. The van der Waals surface area contributed by atoms with Gasteiger partial charge in [-0.25, -0.2) is 0 Å². The van der Waals surface area contributed by atoms with Crippen molar-refractivity contribution in [1.82, 2.24) is 15.5 Å². The number of aromatic nitrogens is 2. The first-order valence-corrected chi connectivity index (χ1v) is 7.59. The highest BCUT2D eigenvalue weighted by Crippen LogP contribution is 2.26. The molecule has 0 saturated carbocycles. The number of nitrogens with zero attached hydrogens (tertiary/aromatic N) is 1. The Hall–Kier alpha value is -1.66. The molecule has 3 heterocycles. The van der Waals surface area contributed by atoms with Gasteiger partial charge in [0.1, 0.15) is 0 Å². The average Bonchev–Trinajstić information content (AvgIpc) is 3.19. The standard InChI is InChI=1S/C14H17N3O2S/c1-9(12-3-2-6-20-12)16-14(18)11-7-15-17-13(11)10-4-5-19-8-10/h2-3,6-7,9-10H,4-5,8H2,1H3,(H,15,17)(H,16,18)/t9-,10+/m0/s1. The van der Waals surface area contributed by atoms with Crippen LogP contribution in [0.1, 0.15) is 46.2 Å². The molecule has 1 aliphatic rings. The second-order valence-corrected chi connectivity index (χ2v) is 5.95. The first-order chi connectivity index (χ1) is 9.75. The number of carbonyl (C=O) groups is 1. The number of thiophene rings is 1. The van der Waals surface area contributed by atoms with Gasteiger partial charge >= 0.3 is 0 Å². The average molecular weight is 291 g/mol. The Morgan fingerprint density at radius 1 is 1.65 bits per heavy atom. The SMILES string of the molecule is C[C@H](NC(=O)c1cn[nH]c1[C@@H]1CCOC1)c1cccs1. The molecule has 0 bridgehead atoms. The van der Waals surface area contributed by atoms with Gasteiger partial charge in [0.25, 0.3) is 5.91 Å². The van der Waals surface area contributed by atoms with Crippen molar-refractivity contribution >= 4 is 17.2 Å². The Morgan fingerprint density at radius 2 is 2.55 bits per heavy atom. The number of hydrogen-bond acceptors (Lipinski definition) is 4. The molecule has 106 valence electrons. The number of nitrogens with one attached hydrogen (secondary N) is 2. The number of ether oxygens (including phenoxy) is 1. The number of amides is 1. The molecular weight excluding hydrogens is 274 g/mol. The summed E-state index contributed by atoms with van der Waals surface area (Å²) in [4.78, 5) is 13.5. The largest absolute Gasteiger partial charge is 0.381 e. The quantitative estimate of drug-likeness (QED) is 0.909. The van der Waals surface area contributed by atoms with E-state index in [1.165, 1.54) is 0 Å². The maximum absolute atomic E-state index is 12.4. The van der Waals surface area contributed by atoms with Crippen molar-refractivity contribution in [2.45, 2.75) is 25.3 Å². The first-order valence-electron chi connectivity index (χ1n) is 6.71. The molecule has 2 N–H and O–H groups in total. The minimum atomic E-state index is -0.0819. The van der Waals surface area contributed by atoms with Crippen LogP contribution in [-0.4, -0.2) is 29.3 Å². The summed E-state index contributed by atoms with van der Waals surface area (Å²) in [5, 5.41) is 12.0. The lowest BCUT2D eigenvalue weighted by Gasteiger charge is -2.13. The fraction of sp³-hybridized carbons (Fsp3) is 0.429. The Kier molecular flexibility index (Phi) is 3.84. The summed E-state index contributed by atoms with van der Waals surface area (Å²) in [5.74, 6) is 0.164. The molecule has 1 amide bonds. The highest BCUT2D eigenvalue weighted by Gasteiger charge is 2.25. The first kappa shape index (κ1) is 13.3. The van der Waals surface area contributed by atoms with Gasteiger partial charge in [0.2, 0.25) is 0 Å². The second kappa shape index (κ2) is 5.76. The minimum absolute atomic E-state index is 0.00470. The van der Waals surface area contributed by atoms with Gasteiger partial charge in [-0.2, -0.15) is 5.10 Å². The van der Waals surface area contributed by atoms with E-state index in [0.29, 0.717) is 12.2 Å². The zero-order valence-electron chi connectivity index (χ0n) is 11.3. The second-order valence-electron chi connectivity index (χ2n) is 4.97. The molecule has 6 heteroatoms. The van der Waals surface area contributed by atoms with Crippen LogP contribution in [-0.2, 0) is 4.74 Å². The molecule has 5 nitrogen and oxygen atoms in total. The van der Waals surface area contributed by atoms with Crippen molar-refractivity contribution in [3.8, 4) is 0 Å². The molecule has 0 aliphatic carbocycles. The molecule has 20 heavy (non-hydrogen) atoms. The van der Waals surface area contributed by atoms with Crippen molar-refractivity contribution in [2.75, 3.05) is 13.2 Å². The molecule has 2 aromatic rings. The summed E-state index contributed by atoms with van der Waals surface area (Å²) >= 11 is 1.64. The van der Waals surface area contributed by atoms with Gasteiger partial charge in [-0.15, -0.1) is 11.3 Å². The maximum atomic E-state index is 12.4. The van der Waals surface area contributed by atoms with Crippen LogP contribution in [0, 0.1) is 0 Å². The van der Waals surface area contributed by atoms with E-state index in [4.69, 9.17) is 4.74 Å². The predicted molar refractivity (Wildman–Crippen MR) is 77.0 cm³/mol. The van der Waals surface area contributed by atoms with E-state index in [0.717, 1.165) is 23.6 Å². The normalized spacial score (nSPS) is 19.9. The zero-order valence-corrected chi connectivity index (χ0v) is 12.1. The van der Waals surface area contributed by atoms with E-state index in [-0.39, 0.29) is 17.9 Å². The molecule has 0 radical (unpaired) electrons. The van der Waals surface area contributed by atoms with Crippen LogP contribution in [0.4, 0.5) is 0 Å². The molecule has 0 spiro atoms. The topological polar surface area (TPSA) is 67.0 Å². The third-order valence-corrected chi connectivity index (χ3v) is 4.62. The van der Waals surface area contributed by atoms with E-state index < -0.39 is 0 Å². The Bertz CT molecular complexity index is 573. The van der Waals surface area contributed by atoms with Crippen molar-refractivity contribution < 1.29 is 9.53 Å². The minimum Gasteiger partial charge on any atom is -0.381 e. The Morgan fingerprint density at radius 3 is 3.25 bits per heavy atom. The van der Waals surface area contributed by atoms with Crippen molar-refractivity contribution in [3.63, 3.8) is 0 Å². The van der Waals surface area contributed by atoms with E-state index >= 15 is 0 Å². The maximum Gasteiger partial charge on any atom is 0.255 e. The molecule has 3 rings (SSSR count). The van der Waals surface area contributed by atoms with Crippen molar-refractivity contribution in [1.29, 1.82) is 0 Å². The third kappa shape index (κ3) is 2.62. The number of hydrogen-bond donors (Lipinski definition) is 2. The van der Waals surface area contributed by atoms with Crippen LogP contribution >= 0.6 is 11.3 Å². The fourth-order valence-corrected chi connectivity index (χ4v) is 3.17. The number of rotatable bonds is 4. The van der Waals surface area contributed by atoms with Gasteiger partial charge < -0.3 is 10.1 Å². The van der Waals surface area contributed by atoms with Gasteiger partial charge in [-0.1, -0.05) is 6.07 Å². The van der Waals surface area contributed by atoms with Crippen LogP contribution in [0.5, 0.6) is 0 Å². The van der Waals surface area contributed by atoms with Crippen molar-refractivity contribution in [2.24, 2.45) is 0 Å².